The summed E-state index contributed by atoms with van der Waals surface area (Å²) >= 11 is 6.05. The second-order valence-corrected chi connectivity index (χ2v) is 7.79. The molecule has 0 atom stereocenters. The molecule has 0 unspecified atom stereocenters. The van der Waals surface area contributed by atoms with Crippen LogP contribution >= 0.6 is 11.6 Å². The summed E-state index contributed by atoms with van der Waals surface area (Å²) in [4.78, 5) is 15.5. The molecule has 25 heavy (non-hydrogen) atoms. The van der Waals surface area contributed by atoms with Crippen molar-refractivity contribution in [2.45, 2.75) is 43.9 Å². The Kier molecular flexibility index (Phi) is 6.19. The average molecular weight is 362 g/mol. The van der Waals surface area contributed by atoms with E-state index in [1.54, 1.807) is 6.08 Å². The summed E-state index contributed by atoms with van der Waals surface area (Å²) in [5, 5.41) is 0.727. The molecule has 2 aliphatic rings. The summed E-state index contributed by atoms with van der Waals surface area (Å²) in [5.74, 6) is 0.872. The lowest BCUT2D eigenvalue weighted by molar-refractivity contribution is -0.139. The third-order valence-electron chi connectivity index (χ3n) is 5.75. The molecule has 0 aromatic heterocycles. The lowest BCUT2D eigenvalue weighted by Crippen LogP contribution is -2.49. The molecule has 1 aromatic rings. The minimum Gasteiger partial charge on any atom is -0.377 e. The maximum Gasteiger partial charge on any atom is 0.233 e. The number of hydrogen-bond donors (Lipinski definition) is 0. The molecule has 1 amide bonds. The molecule has 1 aliphatic carbocycles. The van der Waals surface area contributed by atoms with Crippen molar-refractivity contribution in [2.24, 2.45) is 5.92 Å². The zero-order valence-electron chi connectivity index (χ0n) is 14.9. The van der Waals surface area contributed by atoms with Gasteiger partial charge in [0.2, 0.25) is 5.91 Å². The Hall–Kier alpha value is -1.32. The highest BCUT2D eigenvalue weighted by atomic mass is 35.5. The van der Waals surface area contributed by atoms with Gasteiger partial charge in [-0.2, -0.15) is 0 Å². The van der Waals surface area contributed by atoms with Crippen LogP contribution in [0, 0.1) is 5.92 Å². The van der Waals surface area contributed by atoms with Gasteiger partial charge in [-0.05, 0) is 49.3 Å². The number of halogens is 1. The van der Waals surface area contributed by atoms with E-state index in [-0.39, 0.29) is 5.41 Å². The van der Waals surface area contributed by atoms with Gasteiger partial charge >= 0.3 is 0 Å². The molecule has 2 fully saturated rings. The number of carbonyl (C=O) groups is 1. The SMILES string of the molecule is C=CCOCC1CCN(C(=O)C2(c3ccc(Cl)cc3)CCCC2)CC1. The van der Waals surface area contributed by atoms with Crippen molar-refractivity contribution >= 4 is 17.5 Å². The Morgan fingerprint density at radius 2 is 1.88 bits per heavy atom. The van der Waals surface area contributed by atoms with E-state index in [1.807, 2.05) is 24.3 Å². The first-order valence-corrected chi connectivity index (χ1v) is 9.77. The molecule has 3 nitrogen and oxygen atoms in total. The first kappa shape index (κ1) is 18.5. The van der Waals surface area contributed by atoms with Gasteiger partial charge in [-0.1, -0.05) is 42.7 Å². The van der Waals surface area contributed by atoms with Gasteiger partial charge in [0.1, 0.15) is 0 Å². The van der Waals surface area contributed by atoms with E-state index in [2.05, 4.69) is 11.5 Å². The number of amides is 1. The number of rotatable bonds is 6. The van der Waals surface area contributed by atoms with Crippen molar-refractivity contribution in [3.8, 4) is 0 Å². The van der Waals surface area contributed by atoms with E-state index in [1.165, 1.54) is 0 Å². The molecule has 0 bridgehead atoms. The number of ether oxygens (including phenoxy) is 1. The quantitative estimate of drug-likeness (QED) is 0.547. The van der Waals surface area contributed by atoms with Crippen molar-refractivity contribution in [1.29, 1.82) is 0 Å². The van der Waals surface area contributed by atoms with E-state index in [0.717, 1.165) is 68.8 Å². The highest BCUT2D eigenvalue weighted by molar-refractivity contribution is 6.30. The molecule has 1 saturated carbocycles. The van der Waals surface area contributed by atoms with Gasteiger partial charge in [-0.3, -0.25) is 4.79 Å². The van der Waals surface area contributed by atoms with Gasteiger partial charge in [0.05, 0.1) is 12.0 Å². The van der Waals surface area contributed by atoms with E-state index in [0.29, 0.717) is 18.4 Å². The number of nitrogens with zero attached hydrogens (tertiary/aromatic N) is 1. The Morgan fingerprint density at radius 1 is 1.24 bits per heavy atom. The molecule has 3 rings (SSSR count). The lowest BCUT2D eigenvalue weighted by Gasteiger charge is -2.38. The van der Waals surface area contributed by atoms with Crippen LogP contribution in [-0.2, 0) is 14.9 Å². The Balaban J connectivity index is 1.66. The van der Waals surface area contributed by atoms with Crippen LogP contribution in [0.5, 0.6) is 0 Å². The smallest absolute Gasteiger partial charge is 0.233 e. The molecule has 0 spiro atoms. The molecule has 0 N–H and O–H groups in total. The van der Waals surface area contributed by atoms with Crippen LogP contribution in [0.3, 0.4) is 0 Å². The first-order valence-electron chi connectivity index (χ1n) is 9.40. The monoisotopic (exact) mass is 361 g/mol. The second-order valence-electron chi connectivity index (χ2n) is 7.36. The summed E-state index contributed by atoms with van der Waals surface area (Å²) in [6.07, 6.45) is 8.00. The number of carbonyl (C=O) groups excluding carboxylic acids is 1. The van der Waals surface area contributed by atoms with E-state index >= 15 is 0 Å². The van der Waals surface area contributed by atoms with Crippen LogP contribution < -0.4 is 0 Å². The van der Waals surface area contributed by atoms with Crippen LogP contribution in [0.15, 0.2) is 36.9 Å². The van der Waals surface area contributed by atoms with Crippen molar-refractivity contribution < 1.29 is 9.53 Å². The fourth-order valence-electron chi connectivity index (χ4n) is 4.30. The lowest BCUT2D eigenvalue weighted by atomic mass is 9.77. The van der Waals surface area contributed by atoms with Gasteiger partial charge in [0.15, 0.2) is 0 Å². The van der Waals surface area contributed by atoms with Gasteiger partial charge in [-0.15, -0.1) is 6.58 Å². The fourth-order valence-corrected chi connectivity index (χ4v) is 4.42. The molecule has 1 aliphatic heterocycles. The molecule has 4 heteroatoms. The van der Waals surface area contributed by atoms with E-state index in [9.17, 15) is 4.79 Å². The molecular formula is C21H28ClNO2. The third-order valence-corrected chi connectivity index (χ3v) is 6.01. The van der Waals surface area contributed by atoms with Crippen LogP contribution in [-0.4, -0.2) is 37.1 Å². The second kappa shape index (κ2) is 8.37. The van der Waals surface area contributed by atoms with Crippen molar-refractivity contribution in [3.05, 3.63) is 47.5 Å². The van der Waals surface area contributed by atoms with Gasteiger partial charge in [0.25, 0.3) is 0 Å². The van der Waals surface area contributed by atoms with Crippen molar-refractivity contribution in [2.75, 3.05) is 26.3 Å². The van der Waals surface area contributed by atoms with Crippen LogP contribution in [0.4, 0.5) is 0 Å². The van der Waals surface area contributed by atoms with E-state index in [4.69, 9.17) is 16.3 Å². The standard InChI is InChI=1S/C21H28ClNO2/c1-2-15-25-16-17-9-13-23(14-10-17)20(24)21(11-3-4-12-21)18-5-7-19(22)8-6-18/h2,5-8,17H,1,3-4,9-16H2. The van der Waals surface area contributed by atoms with Gasteiger partial charge in [-0.25, -0.2) is 0 Å². The van der Waals surface area contributed by atoms with Crippen molar-refractivity contribution in [3.63, 3.8) is 0 Å². The van der Waals surface area contributed by atoms with Gasteiger partial charge in [0, 0.05) is 24.7 Å². The minimum absolute atomic E-state index is 0.317. The van der Waals surface area contributed by atoms with Crippen molar-refractivity contribution in [1.82, 2.24) is 4.90 Å². The third kappa shape index (κ3) is 4.09. The fraction of sp³-hybridized carbons (Fsp3) is 0.571. The molecule has 1 aromatic carbocycles. The summed E-state index contributed by atoms with van der Waals surface area (Å²) in [5.41, 5.74) is 0.798. The topological polar surface area (TPSA) is 29.5 Å². The molecule has 136 valence electrons. The van der Waals surface area contributed by atoms with Gasteiger partial charge < -0.3 is 9.64 Å². The summed E-state index contributed by atoms with van der Waals surface area (Å²) in [6.45, 7) is 6.75. The molecule has 0 radical (unpaired) electrons. The van der Waals surface area contributed by atoms with E-state index < -0.39 is 0 Å². The minimum atomic E-state index is -0.337. The van der Waals surface area contributed by atoms with Crippen LogP contribution in [0.2, 0.25) is 5.02 Å². The largest absolute Gasteiger partial charge is 0.377 e. The molecular weight excluding hydrogens is 334 g/mol. The predicted molar refractivity (Wildman–Crippen MR) is 102 cm³/mol. The molecule has 1 heterocycles. The summed E-state index contributed by atoms with van der Waals surface area (Å²) in [7, 11) is 0. The zero-order chi connectivity index (χ0) is 17.7. The normalized spacial score (nSPS) is 20.6. The van der Waals surface area contributed by atoms with Crippen LogP contribution in [0.1, 0.15) is 44.1 Å². The zero-order valence-corrected chi connectivity index (χ0v) is 15.6. The molecule has 1 saturated heterocycles. The highest BCUT2D eigenvalue weighted by Crippen LogP contribution is 2.43. The maximum atomic E-state index is 13.4. The number of likely N-dealkylation sites (tertiary alicyclic amines) is 1. The maximum absolute atomic E-state index is 13.4. The number of piperidine rings is 1. The Labute approximate surface area is 156 Å². The highest BCUT2D eigenvalue weighted by Gasteiger charge is 2.45. The predicted octanol–water partition coefficient (Wildman–Crippen LogP) is 4.59. The average Bonchev–Trinajstić information content (AvgIpc) is 3.13. The number of hydrogen-bond acceptors (Lipinski definition) is 2. The number of benzene rings is 1. The Bertz CT molecular complexity index is 584. The van der Waals surface area contributed by atoms with Crippen LogP contribution in [0.25, 0.3) is 0 Å². The Morgan fingerprint density at radius 3 is 2.48 bits per heavy atom. The first-order chi connectivity index (χ1) is 12.2. The summed E-state index contributed by atoms with van der Waals surface area (Å²) in [6, 6.07) is 7.91. The summed E-state index contributed by atoms with van der Waals surface area (Å²) < 4.78 is 5.58.